The lowest BCUT2D eigenvalue weighted by molar-refractivity contribution is -0.192. The number of halogens is 3. The molecule has 0 radical (unpaired) electrons. The minimum absolute atomic E-state index is 0.0989. The van der Waals surface area contributed by atoms with Crippen molar-refractivity contribution >= 4 is 23.2 Å². The van der Waals surface area contributed by atoms with E-state index in [4.69, 9.17) is 14.6 Å². The van der Waals surface area contributed by atoms with E-state index in [9.17, 15) is 18.0 Å². The van der Waals surface area contributed by atoms with Crippen molar-refractivity contribution in [3.05, 3.63) is 16.6 Å². The van der Waals surface area contributed by atoms with Gasteiger partial charge in [-0.3, -0.25) is 9.69 Å². The van der Waals surface area contributed by atoms with Crippen molar-refractivity contribution in [3.8, 4) is 0 Å². The van der Waals surface area contributed by atoms with Gasteiger partial charge in [-0.1, -0.05) is 0 Å². The summed E-state index contributed by atoms with van der Waals surface area (Å²) in [7, 11) is 3.59. The smallest absolute Gasteiger partial charge is 0.475 e. The summed E-state index contributed by atoms with van der Waals surface area (Å²) in [6.07, 6.45) is -0.375. The Bertz CT molecular complexity index is 639. The molecule has 3 atom stereocenters. The van der Waals surface area contributed by atoms with Gasteiger partial charge in [-0.25, -0.2) is 9.78 Å². The van der Waals surface area contributed by atoms with Crippen molar-refractivity contribution in [3.63, 3.8) is 0 Å². The highest BCUT2D eigenvalue weighted by molar-refractivity contribution is 7.09. The Labute approximate surface area is 158 Å². The summed E-state index contributed by atoms with van der Waals surface area (Å²) >= 11 is 1.70. The highest BCUT2D eigenvalue weighted by Gasteiger charge is 2.42. The number of thiazole rings is 1. The molecule has 0 spiro atoms. The normalized spacial score (nSPS) is 25.3. The topological polar surface area (TPSA) is 83.0 Å². The Kier molecular flexibility index (Phi) is 7.18. The molecular weight excluding hydrogens is 387 g/mol. The number of aliphatic carboxylic acids is 1. The van der Waals surface area contributed by atoms with E-state index in [1.165, 1.54) is 0 Å². The number of nitrogens with zero attached hydrogens (tertiary/aromatic N) is 3. The fourth-order valence-corrected chi connectivity index (χ4v) is 3.83. The number of carbonyl (C=O) groups is 2. The van der Waals surface area contributed by atoms with Crippen LogP contribution in [-0.4, -0.2) is 76.8 Å². The number of carbonyl (C=O) groups excluding carboxylic acids is 1. The fraction of sp³-hybridized carbons (Fsp3) is 0.688. The predicted molar refractivity (Wildman–Crippen MR) is 91.2 cm³/mol. The third kappa shape index (κ3) is 5.88. The number of rotatable bonds is 3. The highest BCUT2D eigenvalue weighted by Crippen LogP contribution is 2.33. The largest absolute Gasteiger partial charge is 0.490 e. The van der Waals surface area contributed by atoms with Crippen LogP contribution in [0.1, 0.15) is 24.3 Å². The first-order chi connectivity index (χ1) is 12.6. The third-order valence-corrected chi connectivity index (χ3v) is 5.21. The Hall–Kier alpha value is -1.72. The number of likely N-dealkylation sites (N-methyl/N-ethyl adjacent to an activating group) is 1. The number of ether oxygens (including phenoxy) is 1. The van der Waals surface area contributed by atoms with Gasteiger partial charge in [0.1, 0.15) is 11.1 Å². The van der Waals surface area contributed by atoms with Gasteiger partial charge in [0.2, 0.25) is 0 Å². The Balaban J connectivity index is 0.000000321. The van der Waals surface area contributed by atoms with E-state index in [-0.39, 0.29) is 18.1 Å². The van der Waals surface area contributed by atoms with Crippen molar-refractivity contribution in [2.75, 3.05) is 20.6 Å². The molecule has 1 N–H and O–H groups in total. The van der Waals surface area contributed by atoms with Gasteiger partial charge in [-0.15, -0.1) is 11.3 Å². The molecule has 1 aromatic rings. The number of fused-ring (bicyclic) bond motifs is 1. The van der Waals surface area contributed by atoms with Crippen molar-refractivity contribution in [1.29, 1.82) is 0 Å². The zero-order valence-corrected chi connectivity index (χ0v) is 15.8. The summed E-state index contributed by atoms with van der Waals surface area (Å²) in [5.41, 5.74) is 0. The average molecular weight is 409 g/mol. The predicted octanol–water partition coefficient (Wildman–Crippen LogP) is 1.99. The molecule has 2 aliphatic heterocycles. The van der Waals surface area contributed by atoms with E-state index < -0.39 is 12.1 Å². The van der Waals surface area contributed by atoms with Crippen molar-refractivity contribution in [2.45, 2.75) is 50.2 Å². The first-order valence-electron chi connectivity index (χ1n) is 8.38. The lowest BCUT2D eigenvalue weighted by Gasteiger charge is -2.36. The molecule has 11 heteroatoms. The van der Waals surface area contributed by atoms with Crippen LogP contribution in [0.25, 0.3) is 0 Å². The highest BCUT2D eigenvalue weighted by atomic mass is 32.1. The van der Waals surface area contributed by atoms with E-state index in [1.54, 1.807) is 30.3 Å². The molecule has 152 valence electrons. The first kappa shape index (κ1) is 21.6. The minimum Gasteiger partial charge on any atom is -0.475 e. The van der Waals surface area contributed by atoms with Crippen molar-refractivity contribution in [1.82, 2.24) is 14.8 Å². The second-order valence-corrected chi connectivity index (χ2v) is 7.51. The molecule has 0 unspecified atom stereocenters. The van der Waals surface area contributed by atoms with E-state index in [1.807, 2.05) is 11.6 Å². The molecule has 0 aromatic carbocycles. The molecule has 27 heavy (non-hydrogen) atoms. The summed E-state index contributed by atoms with van der Waals surface area (Å²) in [6, 6.07) is 0.449. The Morgan fingerprint density at radius 1 is 1.37 bits per heavy atom. The molecule has 3 heterocycles. The van der Waals surface area contributed by atoms with Crippen LogP contribution in [0.15, 0.2) is 11.6 Å². The number of carboxylic acid groups (broad SMARTS) is 1. The maximum absolute atomic E-state index is 12.0. The van der Waals surface area contributed by atoms with Crippen LogP contribution >= 0.6 is 11.3 Å². The summed E-state index contributed by atoms with van der Waals surface area (Å²) in [6.45, 7) is 1.95. The van der Waals surface area contributed by atoms with Crippen LogP contribution in [0.2, 0.25) is 0 Å². The molecule has 2 fully saturated rings. The molecule has 2 aliphatic rings. The zero-order valence-electron chi connectivity index (χ0n) is 15.0. The number of alkyl halides is 3. The Morgan fingerprint density at radius 2 is 2.04 bits per heavy atom. The van der Waals surface area contributed by atoms with E-state index in [0.717, 1.165) is 37.4 Å². The summed E-state index contributed by atoms with van der Waals surface area (Å²) in [5, 5.41) is 10.3. The number of carboxylic acids is 1. The van der Waals surface area contributed by atoms with Crippen LogP contribution in [0.5, 0.6) is 0 Å². The summed E-state index contributed by atoms with van der Waals surface area (Å²) in [4.78, 5) is 29.3. The molecule has 1 aromatic heterocycles. The third-order valence-electron chi connectivity index (χ3n) is 4.44. The van der Waals surface area contributed by atoms with E-state index in [0.29, 0.717) is 6.04 Å². The van der Waals surface area contributed by atoms with E-state index in [2.05, 4.69) is 9.88 Å². The van der Waals surface area contributed by atoms with Gasteiger partial charge in [-0.05, 0) is 19.3 Å². The SMILES string of the molecule is CN(C)C(=O)[C@@H]1CC[C@@H]2[C@@H](CCN2Cc2nccs2)O1.O=C(O)C(F)(F)F. The van der Waals surface area contributed by atoms with Gasteiger partial charge in [0.25, 0.3) is 5.91 Å². The van der Waals surface area contributed by atoms with Gasteiger partial charge in [0.05, 0.1) is 12.6 Å². The number of aromatic nitrogens is 1. The quantitative estimate of drug-likeness (QED) is 0.822. The van der Waals surface area contributed by atoms with Crippen LogP contribution in [0, 0.1) is 0 Å². The standard InChI is InChI=1S/C14H21N3O2S.C2HF3O2/c1-16(2)14(18)12-4-3-10-11(19-12)5-7-17(10)9-13-15-6-8-20-13;3-2(4,5)1(6)7/h6,8,10-12H,3-5,7,9H2,1-2H3;(H,6,7)/t10-,11-,12+;/m1./s1. The lowest BCUT2D eigenvalue weighted by atomic mass is 9.98. The Morgan fingerprint density at radius 3 is 2.56 bits per heavy atom. The maximum atomic E-state index is 12.0. The van der Waals surface area contributed by atoms with E-state index >= 15 is 0 Å². The molecule has 1 amide bonds. The number of hydrogen-bond acceptors (Lipinski definition) is 6. The second kappa shape index (κ2) is 8.98. The number of amides is 1. The molecule has 3 rings (SSSR count). The van der Waals surface area contributed by atoms with Crippen LogP contribution in [-0.2, 0) is 20.9 Å². The monoisotopic (exact) mass is 409 g/mol. The van der Waals surface area contributed by atoms with Gasteiger partial charge in [-0.2, -0.15) is 13.2 Å². The van der Waals surface area contributed by atoms with Gasteiger partial charge in [0.15, 0.2) is 0 Å². The van der Waals surface area contributed by atoms with Crippen LogP contribution in [0.4, 0.5) is 13.2 Å². The van der Waals surface area contributed by atoms with Gasteiger partial charge >= 0.3 is 12.1 Å². The molecule has 2 saturated heterocycles. The van der Waals surface area contributed by atoms with Crippen LogP contribution in [0.3, 0.4) is 0 Å². The number of likely N-dealkylation sites (tertiary alicyclic amines) is 1. The molecule has 7 nitrogen and oxygen atoms in total. The molecule has 0 saturated carbocycles. The first-order valence-corrected chi connectivity index (χ1v) is 9.26. The lowest BCUT2D eigenvalue weighted by Crippen LogP contribution is -2.47. The van der Waals surface area contributed by atoms with Crippen molar-refractivity contribution in [2.24, 2.45) is 0 Å². The minimum atomic E-state index is -5.08. The molecular formula is C16H22F3N3O4S. The van der Waals surface area contributed by atoms with Gasteiger partial charge in [0, 0.05) is 38.3 Å². The average Bonchev–Trinajstić information content (AvgIpc) is 3.24. The number of hydrogen-bond donors (Lipinski definition) is 1. The second-order valence-electron chi connectivity index (χ2n) is 6.53. The summed E-state index contributed by atoms with van der Waals surface area (Å²) in [5.74, 6) is -2.66. The van der Waals surface area contributed by atoms with Gasteiger partial charge < -0.3 is 14.7 Å². The molecule has 0 aliphatic carbocycles. The summed E-state index contributed by atoms with van der Waals surface area (Å²) < 4.78 is 37.8. The van der Waals surface area contributed by atoms with Crippen LogP contribution < -0.4 is 0 Å². The maximum Gasteiger partial charge on any atom is 0.490 e. The fourth-order valence-electron chi connectivity index (χ4n) is 3.19. The van der Waals surface area contributed by atoms with Crippen molar-refractivity contribution < 1.29 is 32.6 Å². The molecule has 0 bridgehead atoms. The zero-order chi connectivity index (χ0) is 20.2.